The highest BCUT2D eigenvalue weighted by Gasteiger charge is 2.25. The zero-order valence-electron chi connectivity index (χ0n) is 25.5. The van der Waals surface area contributed by atoms with E-state index in [1.54, 1.807) is 6.20 Å². The van der Waals surface area contributed by atoms with Crippen LogP contribution < -0.4 is 5.32 Å². The fourth-order valence-electron chi connectivity index (χ4n) is 3.92. The SMILES string of the molecule is CC(CC[N+](C)(C)CCC(C)(C)OCC[N+](C)(C)C)Cc1ccc(C(=O)NCCCC(=O)C(C)C)cn1. The third-order valence-electron chi connectivity index (χ3n) is 6.98. The normalized spacial score (nSPS) is 13.6. The smallest absolute Gasteiger partial charge is 0.252 e. The summed E-state index contributed by atoms with van der Waals surface area (Å²) in [6.45, 7) is 15.0. The largest absolute Gasteiger partial charge is 0.369 e. The quantitative estimate of drug-likeness (QED) is 0.231. The fraction of sp³-hybridized carbons (Fsp3) is 0.767. The molecular weight excluding hydrogens is 464 g/mol. The highest BCUT2D eigenvalue weighted by atomic mass is 16.5. The van der Waals surface area contributed by atoms with Gasteiger partial charge in [-0.05, 0) is 51.2 Å². The van der Waals surface area contributed by atoms with Crippen LogP contribution in [0, 0.1) is 11.8 Å². The monoisotopic (exact) mass is 520 g/mol. The summed E-state index contributed by atoms with van der Waals surface area (Å²) in [7, 11) is 11.2. The number of hydrogen-bond donors (Lipinski definition) is 1. The molecule has 7 nitrogen and oxygen atoms in total. The summed E-state index contributed by atoms with van der Waals surface area (Å²) in [4.78, 5) is 28.6. The fourth-order valence-corrected chi connectivity index (χ4v) is 3.92. The van der Waals surface area contributed by atoms with E-state index in [0.29, 0.717) is 30.9 Å². The van der Waals surface area contributed by atoms with Gasteiger partial charge in [0.1, 0.15) is 12.3 Å². The number of quaternary nitrogens is 2. The van der Waals surface area contributed by atoms with Gasteiger partial charge in [0.15, 0.2) is 0 Å². The van der Waals surface area contributed by atoms with E-state index in [2.05, 4.69) is 66.3 Å². The molecule has 7 heteroatoms. The van der Waals surface area contributed by atoms with Crippen LogP contribution in [0.25, 0.3) is 0 Å². The van der Waals surface area contributed by atoms with E-state index >= 15 is 0 Å². The molecule has 0 fully saturated rings. The number of nitrogens with one attached hydrogen (secondary N) is 1. The zero-order chi connectivity index (χ0) is 28.3. The Morgan fingerprint density at radius 3 is 2.27 bits per heavy atom. The first-order valence-corrected chi connectivity index (χ1v) is 14.0. The first-order valence-electron chi connectivity index (χ1n) is 14.0. The van der Waals surface area contributed by atoms with Crippen molar-refractivity contribution in [1.82, 2.24) is 10.3 Å². The van der Waals surface area contributed by atoms with Gasteiger partial charge in [0.05, 0.1) is 66.1 Å². The second-order valence-electron chi connectivity index (χ2n) is 13.4. The maximum absolute atomic E-state index is 12.4. The summed E-state index contributed by atoms with van der Waals surface area (Å²) in [6, 6.07) is 3.81. The molecule has 1 N–H and O–H groups in total. The number of ketones is 1. The number of carbonyl (C=O) groups excluding carboxylic acids is 2. The van der Waals surface area contributed by atoms with Gasteiger partial charge >= 0.3 is 0 Å². The van der Waals surface area contributed by atoms with E-state index < -0.39 is 0 Å². The number of ether oxygens (including phenoxy) is 1. The molecule has 0 spiro atoms. The first-order chi connectivity index (χ1) is 17.0. The minimum absolute atomic E-state index is 0.0504. The Morgan fingerprint density at radius 1 is 1.03 bits per heavy atom. The molecule has 37 heavy (non-hydrogen) atoms. The van der Waals surface area contributed by atoms with E-state index in [4.69, 9.17) is 4.74 Å². The van der Waals surface area contributed by atoms with Crippen LogP contribution in [0.3, 0.4) is 0 Å². The van der Waals surface area contributed by atoms with Gasteiger partial charge in [0.25, 0.3) is 5.91 Å². The average Bonchev–Trinajstić information content (AvgIpc) is 2.78. The summed E-state index contributed by atoms with van der Waals surface area (Å²) >= 11 is 0. The van der Waals surface area contributed by atoms with Crippen LogP contribution in [-0.4, -0.2) is 99.3 Å². The molecule has 1 atom stereocenters. The number of likely N-dealkylation sites (N-methyl/N-ethyl adjacent to an activating group) is 1. The van der Waals surface area contributed by atoms with E-state index in [0.717, 1.165) is 60.2 Å². The van der Waals surface area contributed by atoms with Crippen molar-refractivity contribution < 1.29 is 23.3 Å². The summed E-state index contributed by atoms with van der Waals surface area (Å²) in [5.74, 6) is 0.666. The molecule has 0 aliphatic rings. The number of Topliss-reactive ketones (excluding diaryl/α,β-unsaturated/α-hetero) is 1. The number of hydrogen-bond acceptors (Lipinski definition) is 4. The van der Waals surface area contributed by atoms with Crippen molar-refractivity contribution in [2.75, 3.05) is 68.0 Å². The summed E-state index contributed by atoms with van der Waals surface area (Å²) in [5.41, 5.74) is 1.47. The van der Waals surface area contributed by atoms with Crippen molar-refractivity contribution in [2.24, 2.45) is 11.8 Å². The molecule has 0 aliphatic carbocycles. The van der Waals surface area contributed by atoms with E-state index in [1.165, 1.54) is 0 Å². The molecular formula is C30H56N4O3+2. The number of amides is 1. The summed E-state index contributed by atoms with van der Waals surface area (Å²) in [6.07, 6.45) is 5.89. The molecule has 0 aliphatic heterocycles. The molecule has 1 amide bonds. The van der Waals surface area contributed by atoms with Crippen LogP contribution in [0.15, 0.2) is 18.3 Å². The van der Waals surface area contributed by atoms with Gasteiger partial charge in [0, 0.05) is 37.2 Å². The van der Waals surface area contributed by atoms with Crippen LogP contribution in [-0.2, 0) is 16.0 Å². The van der Waals surface area contributed by atoms with Crippen molar-refractivity contribution in [3.8, 4) is 0 Å². The number of rotatable bonds is 18. The zero-order valence-corrected chi connectivity index (χ0v) is 25.5. The summed E-state index contributed by atoms with van der Waals surface area (Å²) < 4.78 is 8.09. The second-order valence-corrected chi connectivity index (χ2v) is 13.4. The van der Waals surface area contributed by atoms with E-state index in [9.17, 15) is 9.59 Å². The lowest BCUT2D eigenvalue weighted by Gasteiger charge is -2.35. The minimum atomic E-state index is -0.132. The number of carbonyl (C=O) groups is 2. The van der Waals surface area contributed by atoms with Gasteiger partial charge in [-0.25, -0.2) is 0 Å². The number of nitrogens with zero attached hydrogens (tertiary/aromatic N) is 3. The van der Waals surface area contributed by atoms with E-state index in [-0.39, 0.29) is 23.2 Å². The van der Waals surface area contributed by atoms with Crippen molar-refractivity contribution in [2.45, 2.75) is 72.3 Å². The number of aromatic nitrogens is 1. The maximum Gasteiger partial charge on any atom is 0.252 e. The molecule has 1 aromatic rings. The van der Waals surface area contributed by atoms with Gasteiger partial charge in [0.2, 0.25) is 0 Å². The molecule has 1 heterocycles. The third kappa shape index (κ3) is 15.2. The van der Waals surface area contributed by atoms with Gasteiger partial charge in [-0.2, -0.15) is 0 Å². The van der Waals surface area contributed by atoms with Crippen molar-refractivity contribution in [3.05, 3.63) is 29.6 Å². The molecule has 0 saturated heterocycles. The van der Waals surface area contributed by atoms with Crippen molar-refractivity contribution >= 4 is 11.7 Å². The lowest BCUT2D eigenvalue weighted by atomic mass is 9.99. The highest BCUT2D eigenvalue weighted by Crippen LogP contribution is 2.19. The number of pyridine rings is 1. The molecule has 1 aromatic heterocycles. The van der Waals surface area contributed by atoms with E-state index in [1.807, 2.05) is 26.0 Å². The van der Waals surface area contributed by atoms with Gasteiger partial charge in [-0.1, -0.05) is 20.8 Å². The van der Waals surface area contributed by atoms with Crippen LogP contribution in [0.4, 0.5) is 0 Å². The van der Waals surface area contributed by atoms with Crippen molar-refractivity contribution in [1.29, 1.82) is 0 Å². The van der Waals surface area contributed by atoms with Gasteiger partial charge in [-0.15, -0.1) is 0 Å². The van der Waals surface area contributed by atoms with Crippen molar-refractivity contribution in [3.63, 3.8) is 0 Å². The Kier molecular flexibility index (Phi) is 13.4. The predicted molar refractivity (Wildman–Crippen MR) is 153 cm³/mol. The lowest BCUT2D eigenvalue weighted by molar-refractivity contribution is -0.891. The van der Waals surface area contributed by atoms with Crippen LogP contribution in [0.1, 0.15) is 76.4 Å². The Balaban J connectivity index is 2.40. The average molecular weight is 521 g/mol. The Bertz CT molecular complexity index is 826. The Hall–Kier alpha value is -1.83. The molecule has 1 unspecified atom stereocenters. The Morgan fingerprint density at radius 2 is 1.70 bits per heavy atom. The molecule has 0 bridgehead atoms. The van der Waals surface area contributed by atoms with Crippen LogP contribution >= 0.6 is 0 Å². The molecule has 212 valence electrons. The summed E-state index contributed by atoms with van der Waals surface area (Å²) in [5, 5.41) is 2.89. The second kappa shape index (κ2) is 14.9. The third-order valence-corrected chi connectivity index (χ3v) is 6.98. The lowest BCUT2D eigenvalue weighted by Crippen LogP contribution is -2.45. The Labute approximate surface area is 227 Å². The van der Waals surface area contributed by atoms with Gasteiger partial charge < -0.3 is 19.0 Å². The van der Waals surface area contributed by atoms with Gasteiger partial charge in [-0.3, -0.25) is 14.6 Å². The predicted octanol–water partition coefficient (Wildman–Crippen LogP) is 4.35. The molecule has 0 radical (unpaired) electrons. The molecule has 0 aromatic carbocycles. The molecule has 0 saturated carbocycles. The first kappa shape index (κ1) is 33.2. The topological polar surface area (TPSA) is 68.3 Å². The van der Waals surface area contributed by atoms with Crippen LogP contribution in [0.5, 0.6) is 0 Å². The molecule has 1 rings (SSSR count). The highest BCUT2D eigenvalue weighted by molar-refractivity contribution is 5.93. The maximum atomic E-state index is 12.4. The van der Waals surface area contributed by atoms with Crippen LogP contribution in [0.2, 0.25) is 0 Å². The standard InChI is InChI=1S/C30H55N4O3/c1-24(2)28(35)12-11-17-31-29(36)26-13-14-27(32-23-26)22-25(3)15-18-34(9,10)19-16-30(4,5)37-21-20-33(6,7)8/h13-14,23-25H,11-12,15-22H2,1-10H3/q+1/p+1. The minimum Gasteiger partial charge on any atom is -0.369 e.